The number of aromatic nitrogens is 2. The predicted molar refractivity (Wildman–Crippen MR) is 65.1 cm³/mol. The van der Waals surface area contributed by atoms with Crippen molar-refractivity contribution in [2.24, 2.45) is 0 Å². The molecule has 88 valence electrons. The molecule has 1 unspecified atom stereocenters. The van der Waals surface area contributed by atoms with Gasteiger partial charge in [-0.25, -0.2) is 14.8 Å². The monoisotopic (exact) mass is 249 g/mol. The van der Waals surface area contributed by atoms with Crippen LogP contribution in [-0.2, 0) is 4.79 Å². The fraction of sp³-hybridized carbons (Fsp3) is 0.182. The Hall–Kier alpha value is -1.95. The first-order valence-corrected chi connectivity index (χ1v) is 5.87. The highest BCUT2D eigenvalue weighted by molar-refractivity contribution is 7.10. The Morgan fingerprint density at radius 3 is 2.94 bits per heavy atom. The highest BCUT2D eigenvalue weighted by atomic mass is 32.1. The van der Waals surface area contributed by atoms with Crippen molar-refractivity contribution >= 4 is 23.3 Å². The minimum Gasteiger partial charge on any atom is -0.479 e. The number of thiophene rings is 1. The van der Waals surface area contributed by atoms with Crippen LogP contribution in [0.3, 0.4) is 0 Å². The maximum absolute atomic E-state index is 11.2. The summed E-state index contributed by atoms with van der Waals surface area (Å²) in [5.41, 5.74) is 0.790. The molecular weight excluding hydrogens is 238 g/mol. The number of hydrogen-bond acceptors (Lipinski definition) is 5. The lowest BCUT2D eigenvalue weighted by atomic mass is 10.2. The molecule has 0 spiro atoms. The topological polar surface area (TPSA) is 75.1 Å². The summed E-state index contributed by atoms with van der Waals surface area (Å²) in [6.45, 7) is 1.83. The summed E-state index contributed by atoms with van der Waals surface area (Å²) in [4.78, 5) is 20.0. The van der Waals surface area contributed by atoms with Crippen molar-refractivity contribution in [2.45, 2.75) is 13.0 Å². The van der Waals surface area contributed by atoms with Crippen LogP contribution in [0.25, 0.3) is 0 Å². The lowest BCUT2D eigenvalue weighted by molar-refractivity contribution is -0.138. The maximum Gasteiger partial charge on any atom is 0.331 e. The van der Waals surface area contributed by atoms with Crippen molar-refractivity contribution in [3.05, 3.63) is 40.3 Å². The van der Waals surface area contributed by atoms with Crippen LogP contribution >= 0.6 is 11.3 Å². The lowest BCUT2D eigenvalue weighted by Crippen LogP contribution is -2.20. The molecule has 0 aliphatic rings. The van der Waals surface area contributed by atoms with Gasteiger partial charge in [-0.2, -0.15) is 0 Å². The number of nitrogens with one attached hydrogen (secondary N) is 1. The van der Waals surface area contributed by atoms with E-state index in [0.717, 1.165) is 10.6 Å². The Balaban J connectivity index is 2.22. The Labute approximate surface area is 102 Å². The lowest BCUT2D eigenvalue weighted by Gasteiger charge is -2.12. The van der Waals surface area contributed by atoms with Crippen molar-refractivity contribution < 1.29 is 9.90 Å². The number of carbonyl (C=O) groups is 1. The van der Waals surface area contributed by atoms with E-state index in [9.17, 15) is 4.79 Å². The molecule has 0 aromatic carbocycles. The molecule has 2 heterocycles. The van der Waals surface area contributed by atoms with Gasteiger partial charge in [-0.05, 0) is 24.4 Å². The van der Waals surface area contributed by atoms with E-state index >= 15 is 0 Å². The van der Waals surface area contributed by atoms with Crippen LogP contribution in [-0.4, -0.2) is 21.0 Å². The number of hydrogen-bond donors (Lipinski definition) is 2. The Bertz CT molecular complexity index is 513. The van der Waals surface area contributed by atoms with Crippen LogP contribution in [0.1, 0.15) is 16.6 Å². The van der Waals surface area contributed by atoms with Crippen LogP contribution in [0.4, 0.5) is 5.95 Å². The number of aliphatic carboxylic acids is 1. The highest BCUT2D eigenvalue weighted by Crippen LogP contribution is 2.22. The highest BCUT2D eigenvalue weighted by Gasteiger charge is 2.21. The third-order valence-corrected chi connectivity index (χ3v) is 3.08. The first-order chi connectivity index (χ1) is 8.16. The van der Waals surface area contributed by atoms with Crippen molar-refractivity contribution in [3.63, 3.8) is 0 Å². The number of carboxylic acid groups (broad SMARTS) is 1. The molecule has 1 atom stereocenters. The zero-order valence-electron chi connectivity index (χ0n) is 9.12. The van der Waals surface area contributed by atoms with E-state index < -0.39 is 12.0 Å². The fourth-order valence-electron chi connectivity index (χ4n) is 1.36. The maximum atomic E-state index is 11.2. The number of rotatable bonds is 4. The van der Waals surface area contributed by atoms with E-state index in [-0.39, 0.29) is 0 Å². The van der Waals surface area contributed by atoms with Gasteiger partial charge in [-0.15, -0.1) is 11.3 Å². The van der Waals surface area contributed by atoms with Crippen LogP contribution in [0.2, 0.25) is 0 Å². The van der Waals surface area contributed by atoms with Gasteiger partial charge in [0.25, 0.3) is 0 Å². The summed E-state index contributed by atoms with van der Waals surface area (Å²) in [7, 11) is 0. The van der Waals surface area contributed by atoms with E-state index in [1.807, 2.05) is 18.4 Å². The zero-order chi connectivity index (χ0) is 12.3. The molecule has 2 aromatic heterocycles. The molecule has 17 heavy (non-hydrogen) atoms. The standard InChI is InChI=1S/C11H11N3O2S/c1-7-4-5-12-11(13-7)14-9(10(15)16)8-3-2-6-17-8/h2-6,9H,1H3,(H,15,16)(H,12,13,14). The van der Waals surface area contributed by atoms with Crippen LogP contribution < -0.4 is 5.32 Å². The van der Waals surface area contributed by atoms with Crippen molar-refractivity contribution in [3.8, 4) is 0 Å². The van der Waals surface area contributed by atoms with Crippen molar-refractivity contribution in [1.82, 2.24) is 9.97 Å². The normalized spacial score (nSPS) is 12.1. The molecule has 0 radical (unpaired) electrons. The van der Waals surface area contributed by atoms with Gasteiger partial charge in [-0.1, -0.05) is 6.07 Å². The Morgan fingerprint density at radius 2 is 2.35 bits per heavy atom. The van der Waals surface area contributed by atoms with Crippen LogP contribution in [0.5, 0.6) is 0 Å². The van der Waals surface area contributed by atoms with Gasteiger partial charge in [0.05, 0.1) is 0 Å². The molecule has 2 N–H and O–H groups in total. The molecule has 0 saturated carbocycles. The van der Waals surface area contributed by atoms with Gasteiger partial charge in [-0.3, -0.25) is 0 Å². The van der Waals surface area contributed by atoms with E-state index in [2.05, 4.69) is 15.3 Å². The van der Waals surface area contributed by atoms with Crippen LogP contribution in [0, 0.1) is 6.92 Å². The molecule has 0 saturated heterocycles. The van der Waals surface area contributed by atoms with E-state index in [0.29, 0.717) is 5.95 Å². The van der Waals surface area contributed by atoms with Gasteiger partial charge in [0.15, 0.2) is 6.04 Å². The van der Waals surface area contributed by atoms with Crippen LogP contribution in [0.15, 0.2) is 29.8 Å². The first kappa shape index (κ1) is 11.5. The van der Waals surface area contributed by atoms with Gasteiger partial charge in [0, 0.05) is 16.8 Å². The van der Waals surface area contributed by atoms with Crippen molar-refractivity contribution in [1.29, 1.82) is 0 Å². The number of aryl methyl sites for hydroxylation is 1. The minimum absolute atomic E-state index is 0.325. The summed E-state index contributed by atoms with van der Waals surface area (Å²) in [6.07, 6.45) is 1.60. The van der Waals surface area contributed by atoms with E-state index in [1.54, 1.807) is 18.3 Å². The summed E-state index contributed by atoms with van der Waals surface area (Å²) in [5, 5.41) is 13.8. The molecule has 5 nitrogen and oxygen atoms in total. The smallest absolute Gasteiger partial charge is 0.331 e. The third-order valence-electron chi connectivity index (χ3n) is 2.14. The quantitative estimate of drug-likeness (QED) is 0.867. The average Bonchev–Trinajstić information content (AvgIpc) is 2.78. The summed E-state index contributed by atoms with van der Waals surface area (Å²) in [6, 6.07) is 4.53. The second-order valence-corrected chi connectivity index (χ2v) is 4.43. The largest absolute Gasteiger partial charge is 0.479 e. The average molecular weight is 249 g/mol. The van der Waals surface area contributed by atoms with Gasteiger partial charge in [0.1, 0.15) is 0 Å². The first-order valence-electron chi connectivity index (χ1n) is 4.99. The predicted octanol–water partition coefficient (Wildman–Crippen LogP) is 2.08. The van der Waals surface area contributed by atoms with Gasteiger partial charge in [0.2, 0.25) is 5.95 Å². The number of anilines is 1. The SMILES string of the molecule is Cc1ccnc(NC(C(=O)O)c2cccs2)n1. The number of nitrogens with zero attached hydrogens (tertiary/aromatic N) is 2. The zero-order valence-corrected chi connectivity index (χ0v) is 9.94. The second kappa shape index (κ2) is 4.92. The number of carboxylic acids is 1. The molecule has 0 fully saturated rings. The second-order valence-electron chi connectivity index (χ2n) is 3.45. The third kappa shape index (κ3) is 2.79. The molecule has 6 heteroatoms. The minimum atomic E-state index is -0.947. The fourth-order valence-corrected chi connectivity index (χ4v) is 2.12. The summed E-state index contributed by atoms with van der Waals surface area (Å²) in [5.74, 6) is -0.622. The summed E-state index contributed by atoms with van der Waals surface area (Å²) < 4.78 is 0. The van der Waals surface area contributed by atoms with E-state index in [1.165, 1.54) is 11.3 Å². The molecule has 2 aromatic rings. The molecule has 2 rings (SSSR count). The van der Waals surface area contributed by atoms with Crippen molar-refractivity contribution in [2.75, 3.05) is 5.32 Å². The molecule has 0 aliphatic carbocycles. The summed E-state index contributed by atoms with van der Waals surface area (Å²) >= 11 is 1.38. The molecule has 0 aliphatic heterocycles. The Kier molecular flexibility index (Phi) is 3.34. The van der Waals surface area contributed by atoms with Gasteiger partial charge < -0.3 is 10.4 Å². The van der Waals surface area contributed by atoms with Gasteiger partial charge >= 0.3 is 5.97 Å². The molecule has 0 bridgehead atoms. The molecule has 0 amide bonds. The molecular formula is C11H11N3O2S. The Morgan fingerprint density at radius 1 is 1.53 bits per heavy atom. The van der Waals surface area contributed by atoms with E-state index in [4.69, 9.17) is 5.11 Å².